The van der Waals surface area contributed by atoms with E-state index in [-0.39, 0.29) is 11.3 Å². The summed E-state index contributed by atoms with van der Waals surface area (Å²) in [5.74, 6) is -0.936. The Morgan fingerprint density at radius 3 is 2.58 bits per heavy atom. The largest absolute Gasteiger partial charge is 0.495 e. The van der Waals surface area contributed by atoms with Crippen molar-refractivity contribution in [2.24, 2.45) is 0 Å². The van der Waals surface area contributed by atoms with Crippen LogP contribution < -0.4 is 4.74 Å². The van der Waals surface area contributed by atoms with Gasteiger partial charge in [-0.05, 0) is 0 Å². The summed E-state index contributed by atoms with van der Waals surface area (Å²) in [4.78, 5) is 24.4. The summed E-state index contributed by atoms with van der Waals surface area (Å²) < 4.78 is 34.6. The van der Waals surface area contributed by atoms with Crippen molar-refractivity contribution in [3.63, 3.8) is 0 Å². The van der Waals surface area contributed by atoms with Crippen molar-refractivity contribution in [2.45, 2.75) is 12.8 Å². The van der Waals surface area contributed by atoms with Gasteiger partial charge in [0.05, 0.1) is 37.3 Å². The van der Waals surface area contributed by atoms with Crippen LogP contribution in [0.4, 0.5) is 14.5 Å². The first-order valence-electron chi connectivity index (χ1n) is 4.97. The Kier molecular flexibility index (Phi) is 4.67. The fourth-order valence-corrected chi connectivity index (χ4v) is 1.47. The monoisotopic (exact) mass is 276 g/mol. The molecule has 0 aliphatic carbocycles. The van der Waals surface area contributed by atoms with E-state index in [1.807, 2.05) is 0 Å². The highest BCUT2D eigenvalue weighted by Crippen LogP contribution is 2.35. The molecule has 0 fully saturated rings. The predicted octanol–water partition coefficient (Wildman–Crippen LogP) is 1.65. The second-order valence-electron chi connectivity index (χ2n) is 3.35. The Balaban J connectivity index is 3.48. The molecule has 0 aliphatic heterocycles. The van der Waals surface area contributed by atoms with E-state index in [4.69, 9.17) is 4.74 Å². The van der Waals surface area contributed by atoms with Crippen LogP contribution in [0.1, 0.15) is 17.7 Å². The summed E-state index contributed by atoms with van der Waals surface area (Å²) >= 11 is 0. The zero-order valence-corrected chi connectivity index (χ0v) is 10.1. The topological polar surface area (TPSA) is 91.6 Å². The molecular formula is C10H10F2N2O5. The molecule has 1 heterocycles. The van der Waals surface area contributed by atoms with Crippen molar-refractivity contribution >= 4 is 11.7 Å². The molecule has 0 saturated heterocycles. The number of halogens is 2. The molecule has 0 unspecified atom stereocenters. The van der Waals surface area contributed by atoms with Crippen LogP contribution in [-0.4, -0.2) is 30.1 Å². The van der Waals surface area contributed by atoms with Gasteiger partial charge in [-0.1, -0.05) is 0 Å². The molecule has 104 valence electrons. The zero-order chi connectivity index (χ0) is 14.6. The standard InChI is InChI=1S/C10H10F2N2O5/c1-18-6-4-13-8(10(11)12)9(14(16)17)5(6)3-7(15)19-2/h4,10H,3H2,1-2H3. The number of nitrogens with zero attached hydrogens (tertiary/aromatic N) is 2. The van der Waals surface area contributed by atoms with Gasteiger partial charge in [0, 0.05) is 0 Å². The van der Waals surface area contributed by atoms with Gasteiger partial charge in [-0.25, -0.2) is 13.8 Å². The smallest absolute Gasteiger partial charge is 0.310 e. The number of ether oxygens (including phenoxy) is 2. The first-order chi connectivity index (χ1) is 8.92. The summed E-state index contributed by atoms with van der Waals surface area (Å²) in [5.41, 5.74) is -2.23. The van der Waals surface area contributed by atoms with Crippen molar-refractivity contribution < 1.29 is 28.0 Å². The molecule has 1 rings (SSSR count). The number of carbonyl (C=O) groups is 1. The SMILES string of the molecule is COC(=O)Cc1c(OC)cnc(C(F)F)c1[N+](=O)[O-]. The van der Waals surface area contributed by atoms with Crippen LogP contribution in [0.2, 0.25) is 0 Å². The third-order valence-corrected chi connectivity index (χ3v) is 2.30. The van der Waals surface area contributed by atoms with E-state index in [9.17, 15) is 23.7 Å². The van der Waals surface area contributed by atoms with Gasteiger partial charge in [0.15, 0.2) is 5.69 Å². The lowest BCUT2D eigenvalue weighted by Crippen LogP contribution is -2.11. The van der Waals surface area contributed by atoms with E-state index in [0.717, 1.165) is 13.3 Å². The number of alkyl halides is 2. The molecule has 0 aromatic carbocycles. The van der Waals surface area contributed by atoms with E-state index in [1.54, 1.807) is 0 Å². The summed E-state index contributed by atoms with van der Waals surface area (Å²) in [6.07, 6.45) is -2.78. The first kappa shape index (κ1) is 14.7. The van der Waals surface area contributed by atoms with Crippen LogP contribution in [0.15, 0.2) is 6.20 Å². The van der Waals surface area contributed by atoms with Crippen molar-refractivity contribution in [1.29, 1.82) is 0 Å². The number of nitro groups is 1. The highest BCUT2D eigenvalue weighted by molar-refractivity contribution is 5.75. The minimum atomic E-state index is -3.14. The lowest BCUT2D eigenvalue weighted by atomic mass is 10.1. The van der Waals surface area contributed by atoms with E-state index in [0.29, 0.717) is 0 Å². The van der Waals surface area contributed by atoms with E-state index < -0.39 is 35.1 Å². The van der Waals surface area contributed by atoms with Crippen molar-refractivity contribution in [2.75, 3.05) is 14.2 Å². The summed E-state index contributed by atoms with van der Waals surface area (Å²) in [5, 5.41) is 10.9. The fraction of sp³-hybridized carbons (Fsp3) is 0.400. The molecule has 9 heteroatoms. The van der Waals surface area contributed by atoms with Crippen molar-refractivity contribution in [3.8, 4) is 5.75 Å². The number of rotatable bonds is 5. The highest BCUT2D eigenvalue weighted by Gasteiger charge is 2.31. The third kappa shape index (κ3) is 3.12. The second-order valence-corrected chi connectivity index (χ2v) is 3.35. The Morgan fingerprint density at radius 2 is 2.16 bits per heavy atom. The summed E-state index contributed by atoms with van der Waals surface area (Å²) in [6.45, 7) is 0. The number of aromatic nitrogens is 1. The van der Waals surface area contributed by atoms with Gasteiger partial charge in [-0.2, -0.15) is 0 Å². The van der Waals surface area contributed by atoms with Gasteiger partial charge < -0.3 is 9.47 Å². The molecule has 1 aromatic rings. The normalized spacial score (nSPS) is 10.4. The van der Waals surface area contributed by atoms with E-state index in [2.05, 4.69) is 9.72 Å². The number of hydrogen-bond acceptors (Lipinski definition) is 6. The van der Waals surface area contributed by atoms with Gasteiger partial charge in [0.25, 0.3) is 6.43 Å². The molecule has 0 spiro atoms. The third-order valence-electron chi connectivity index (χ3n) is 2.30. The maximum absolute atomic E-state index is 12.7. The number of methoxy groups -OCH3 is 2. The Bertz CT molecular complexity index is 507. The van der Waals surface area contributed by atoms with Crippen molar-refractivity contribution in [3.05, 3.63) is 27.6 Å². The number of esters is 1. The molecule has 0 atom stereocenters. The van der Waals surface area contributed by atoms with Gasteiger partial charge in [-0.15, -0.1) is 0 Å². The number of hydrogen-bond donors (Lipinski definition) is 0. The quantitative estimate of drug-likeness (QED) is 0.461. The average Bonchev–Trinajstić information content (AvgIpc) is 2.37. The number of pyridine rings is 1. The highest BCUT2D eigenvalue weighted by atomic mass is 19.3. The minimum Gasteiger partial charge on any atom is -0.495 e. The number of carbonyl (C=O) groups excluding carboxylic acids is 1. The van der Waals surface area contributed by atoms with Crippen LogP contribution in [0.5, 0.6) is 5.75 Å². The molecule has 0 saturated carbocycles. The second kappa shape index (κ2) is 6.03. The van der Waals surface area contributed by atoms with Crippen LogP contribution >= 0.6 is 0 Å². The maximum Gasteiger partial charge on any atom is 0.310 e. The Morgan fingerprint density at radius 1 is 1.53 bits per heavy atom. The van der Waals surface area contributed by atoms with Gasteiger partial charge >= 0.3 is 11.7 Å². The molecule has 0 amide bonds. The predicted molar refractivity (Wildman–Crippen MR) is 58.1 cm³/mol. The summed E-state index contributed by atoms with van der Waals surface area (Å²) in [7, 11) is 2.26. The van der Waals surface area contributed by atoms with Crippen LogP contribution in [0, 0.1) is 10.1 Å². The molecule has 7 nitrogen and oxygen atoms in total. The van der Waals surface area contributed by atoms with Crippen LogP contribution in [0.3, 0.4) is 0 Å². The molecule has 1 aromatic heterocycles. The van der Waals surface area contributed by atoms with E-state index in [1.165, 1.54) is 7.11 Å². The van der Waals surface area contributed by atoms with Crippen LogP contribution in [0.25, 0.3) is 0 Å². The Hall–Kier alpha value is -2.32. The Labute approximate surface area is 106 Å². The molecule has 19 heavy (non-hydrogen) atoms. The maximum atomic E-state index is 12.7. The molecule has 0 radical (unpaired) electrons. The van der Waals surface area contributed by atoms with Crippen LogP contribution in [-0.2, 0) is 16.0 Å². The van der Waals surface area contributed by atoms with Gasteiger partial charge in [0.1, 0.15) is 5.75 Å². The van der Waals surface area contributed by atoms with E-state index >= 15 is 0 Å². The first-order valence-corrected chi connectivity index (χ1v) is 4.97. The molecule has 0 aliphatic rings. The lowest BCUT2D eigenvalue weighted by Gasteiger charge is -2.10. The zero-order valence-electron chi connectivity index (χ0n) is 10.1. The minimum absolute atomic E-state index is 0.124. The van der Waals surface area contributed by atoms with Gasteiger partial charge in [0.2, 0.25) is 0 Å². The van der Waals surface area contributed by atoms with Gasteiger partial charge in [-0.3, -0.25) is 14.9 Å². The molecule has 0 bridgehead atoms. The molecular weight excluding hydrogens is 266 g/mol. The fourth-order valence-electron chi connectivity index (χ4n) is 1.47. The average molecular weight is 276 g/mol. The van der Waals surface area contributed by atoms with Crippen molar-refractivity contribution in [1.82, 2.24) is 4.98 Å². The summed E-state index contributed by atoms with van der Waals surface area (Å²) in [6, 6.07) is 0. The molecule has 0 N–H and O–H groups in total. The lowest BCUT2D eigenvalue weighted by molar-refractivity contribution is -0.387.